The van der Waals surface area contributed by atoms with E-state index < -0.39 is 6.03 Å². The van der Waals surface area contributed by atoms with Gasteiger partial charge in [-0.25, -0.2) is 4.79 Å². The Morgan fingerprint density at radius 3 is 3.00 bits per heavy atom. The Kier molecular flexibility index (Phi) is 2.11. The van der Waals surface area contributed by atoms with E-state index in [2.05, 4.69) is 10.2 Å². The predicted octanol–water partition coefficient (Wildman–Crippen LogP) is 1.59. The number of nitrogens with two attached hydrogens (primary N) is 1. The van der Waals surface area contributed by atoms with Gasteiger partial charge in [-0.15, -0.1) is 0 Å². The number of benzene rings is 1. The van der Waals surface area contributed by atoms with Crippen LogP contribution in [0.25, 0.3) is 0 Å². The topological polar surface area (TPSA) is 75.0 Å². The first-order valence-electron chi connectivity index (χ1n) is 5.42. The highest BCUT2D eigenvalue weighted by molar-refractivity contribution is 5.94. The average molecular weight is 228 g/mol. The number of para-hydroxylation sites is 1. The number of aromatic amines is 1. The molecule has 5 heteroatoms. The summed E-state index contributed by atoms with van der Waals surface area (Å²) < 4.78 is 0. The van der Waals surface area contributed by atoms with Crippen LogP contribution in [0.3, 0.4) is 0 Å². The number of hydrogen-bond acceptors (Lipinski definition) is 2. The van der Waals surface area contributed by atoms with Crippen LogP contribution in [0.15, 0.2) is 36.7 Å². The molecule has 2 aromatic rings. The molecule has 0 radical (unpaired) electrons. The first-order chi connectivity index (χ1) is 8.27. The van der Waals surface area contributed by atoms with Crippen LogP contribution in [0.4, 0.5) is 10.5 Å². The first kappa shape index (κ1) is 9.89. The van der Waals surface area contributed by atoms with E-state index in [0.29, 0.717) is 0 Å². The SMILES string of the molecule is NC(=O)N1c2ccccc2CC1c1cn[nH]c1. The third-order valence-electron chi connectivity index (χ3n) is 3.12. The van der Waals surface area contributed by atoms with E-state index in [4.69, 9.17) is 5.73 Å². The Bertz CT molecular complexity index is 549. The molecular formula is C12H12N4O. The van der Waals surface area contributed by atoms with Crippen LogP contribution in [-0.4, -0.2) is 16.2 Å². The quantitative estimate of drug-likeness (QED) is 0.777. The van der Waals surface area contributed by atoms with Crippen molar-refractivity contribution < 1.29 is 4.79 Å². The van der Waals surface area contributed by atoms with Crippen LogP contribution in [0.5, 0.6) is 0 Å². The summed E-state index contributed by atoms with van der Waals surface area (Å²) in [7, 11) is 0. The number of nitrogens with one attached hydrogen (secondary N) is 1. The van der Waals surface area contributed by atoms with Gasteiger partial charge in [-0.1, -0.05) is 18.2 Å². The summed E-state index contributed by atoms with van der Waals surface area (Å²) >= 11 is 0. The largest absolute Gasteiger partial charge is 0.351 e. The van der Waals surface area contributed by atoms with E-state index in [1.165, 1.54) is 0 Å². The summed E-state index contributed by atoms with van der Waals surface area (Å²) in [5.74, 6) is 0. The molecule has 0 fully saturated rings. The highest BCUT2D eigenvalue weighted by Crippen LogP contribution is 2.39. The Labute approximate surface area is 98.2 Å². The van der Waals surface area contributed by atoms with Crippen molar-refractivity contribution in [3.05, 3.63) is 47.8 Å². The number of rotatable bonds is 1. The van der Waals surface area contributed by atoms with Gasteiger partial charge >= 0.3 is 6.03 Å². The van der Waals surface area contributed by atoms with Gasteiger partial charge in [0.15, 0.2) is 0 Å². The number of H-pyrrole nitrogens is 1. The monoisotopic (exact) mass is 228 g/mol. The molecule has 1 aromatic carbocycles. The molecule has 1 aliphatic rings. The molecule has 3 N–H and O–H groups in total. The molecule has 0 spiro atoms. The molecule has 17 heavy (non-hydrogen) atoms. The van der Waals surface area contributed by atoms with Crippen LogP contribution in [-0.2, 0) is 6.42 Å². The van der Waals surface area contributed by atoms with E-state index in [0.717, 1.165) is 23.2 Å². The lowest BCUT2D eigenvalue weighted by atomic mass is 10.1. The lowest BCUT2D eigenvalue weighted by Gasteiger charge is -2.22. The molecule has 0 aliphatic carbocycles. The average Bonchev–Trinajstić information content (AvgIpc) is 2.95. The molecule has 1 unspecified atom stereocenters. The van der Waals surface area contributed by atoms with Crippen molar-refractivity contribution in [2.75, 3.05) is 4.90 Å². The van der Waals surface area contributed by atoms with Gasteiger partial charge in [-0.3, -0.25) is 10.00 Å². The third kappa shape index (κ3) is 1.47. The number of nitrogens with zero attached hydrogens (tertiary/aromatic N) is 2. The van der Waals surface area contributed by atoms with Crippen molar-refractivity contribution in [3.8, 4) is 0 Å². The lowest BCUT2D eigenvalue weighted by molar-refractivity contribution is 0.252. The Morgan fingerprint density at radius 2 is 2.29 bits per heavy atom. The van der Waals surface area contributed by atoms with E-state index in [-0.39, 0.29) is 6.04 Å². The number of aromatic nitrogens is 2. The van der Waals surface area contributed by atoms with Crippen LogP contribution in [0, 0.1) is 0 Å². The van der Waals surface area contributed by atoms with Crippen molar-refractivity contribution in [2.24, 2.45) is 5.73 Å². The summed E-state index contributed by atoms with van der Waals surface area (Å²) in [5.41, 5.74) is 8.47. The van der Waals surface area contributed by atoms with Gasteiger partial charge in [0.1, 0.15) is 0 Å². The smallest absolute Gasteiger partial charge is 0.319 e. The van der Waals surface area contributed by atoms with Crippen molar-refractivity contribution in [1.82, 2.24) is 10.2 Å². The number of anilines is 1. The summed E-state index contributed by atoms with van der Waals surface area (Å²) in [4.78, 5) is 13.2. The summed E-state index contributed by atoms with van der Waals surface area (Å²) in [6.45, 7) is 0. The number of carbonyl (C=O) groups excluding carboxylic acids is 1. The van der Waals surface area contributed by atoms with E-state index in [1.807, 2.05) is 24.3 Å². The van der Waals surface area contributed by atoms with Gasteiger partial charge in [0, 0.05) is 17.4 Å². The van der Waals surface area contributed by atoms with Gasteiger partial charge in [0.25, 0.3) is 0 Å². The normalized spacial score (nSPS) is 18.1. The highest BCUT2D eigenvalue weighted by atomic mass is 16.2. The highest BCUT2D eigenvalue weighted by Gasteiger charge is 2.33. The van der Waals surface area contributed by atoms with Crippen LogP contribution in [0.1, 0.15) is 17.2 Å². The number of amides is 2. The van der Waals surface area contributed by atoms with Crippen LogP contribution >= 0.6 is 0 Å². The molecular weight excluding hydrogens is 216 g/mol. The maximum absolute atomic E-state index is 11.6. The zero-order valence-corrected chi connectivity index (χ0v) is 9.13. The summed E-state index contributed by atoms with van der Waals surface area (Å²) in [5, 5.41) is 6.68. The molecule has 1 aromatic heterocycles. The fraction of sp³-hybridized carbons (Fsp3) is 0.167. The van der Waals surface area contributed by atoms with Gasteiger partial charge in [0.2, 0.25) is 0 Å². The summed E-state index contributed by atoms with van der Waals surface area (Å²) in [6, 6.07) is 7.33. The molecule has 0 saturated carbocycles. The fourth-order valence-corrected chi connectivity index (χ4v) is 2.37. The Morgan fingerprint density at radius 1 is 1.47 bits per heavy atom. The maximum Gasteiger partial charge on any atom is 0.319 e. The third-order valence-corrected chi connectivity index (χ3v) is 3.12. The number of fused-ring (bicyclic) bond motifs is 1. The predicted molar refractivity (Wildman–Crippen MR) is 63.5 cm³/mol. The molecule has 1 aliphatic heterocycles. The van der Waals surface area contributed by atoms with Crippen molar-refractivity contribution >= 4 is 11.7 Å². The molecule has 1 atom stereocenters. The molecule has 5 nitrogen and oxygen atoms in total. The number of urea groups is 1. The van der Waals surface area contributed by atoms with Crippen molar-refractivity contribution in [1.29, 1.82) is 0 Å². The zero-order valence-electron chi connectivity index (χ0n) is 9.13. The number of carbonyl (C=O) groups is 1. The minimum atomic E-state index is -0.429. The first-order valence-corrected chi connectivity index (χ1v) is 5.42. The van der Waals surface area contributed by atoms with E-state index in [9.17, 15) is 4.79 Å². The second-order valence-electron chi connectivity index (χ2n) is 4.09. The van der Waals surface area contributed by atoms with Crippen LogP contribution in [0.2, 0.25) is 0 Å². The van der Waals surface area contributed by atoms with E-state index >= 15 is 0 Å². The molecule has 2 heterocycles. The Hall–Kier alpha value is -2.30. The van der Waals surface area contributed by atoms with Gasteiger partial charge < -0.3 is 5.73 Å². The van der Waals surface area contributed by atoms with Gasteiger partial charge in [-0.05, 0) is 18.1 Å². The summed E-state index contributed by atoms with van der Waals surface area (Å²) in [6.07, 6.45) is 4.30. The molecule has 86 valence electrons. The second-order valence-corrected chi connectivity index (χ2v) is 4.09. The molecule has 0 saturated heterocycles. The number of primary amides is 1. The van der Waals surface area contributed by atoms with Crippen molar-refractivity contribution in [3.63, 3.8) is 0 Å². The standard InChI is InChI=1S/C12H12N4O/c13-12(17)16-10-4-2-1-3-8(10)5-11(16)9-6-14-15-7-9/h1-4,6-7,11H,5H2,(H2,13,17)(H,14,15). The van der Waals surface area contributed by atoms with Gasteiger partial charge in [0.05, 0.1) is 12.2 Å². The lowest BCUT2D eigenvalue weighted by Crippen LogP contribution is -2.36. The molecule has 3 rings (SSSR count). The fourth-order valence-electron chi connectivity index (χ4n) is 2.37. The minimum Gasteiger partial charge on any atom is -0.351 e. The second kappa shape index (κ2) is 3.62. The molecule has 2 amide bonds. The van der Waals surface area contributed by atoms with Crippen LogP contribution < -0.4 is 10.6 Å². The Balaban J connectivity index is 2.07. The molecule has 0 bridgehead atoms. The van der Waals surface area contributed by atoms with Crippen molar-refractivity contribution in [2.45, 2.75) is 12.5 Å². The maximum atomic E-state index is 11.6. The van der Waals surface area contributed by atoms with Gasteiger partial charge in [-0.2, -0.15) is 5.10 Å². The zero-order chi connectivity index (χ0) is 11.8. The number of hydrogen-bond donors (Lipinski definition) is 2. The minimum absolute atomic E-state index is 0.0522. The van der Waals surface area contributed by atoms with E-state index in [1.54, 1.807) is 17.3 Å².